The molecular weight excluding hydrogens is 220 g/mol. The summed E-state index contributed by atoms with van der Waals surface area (Å²) in [5.74, 6) is 0. The van der Waals surface area contributed by atoms with Gasteiger partial charge in [-0.3, -0.25) is 0 Å². The molecule has 0 saturated heterocycles. The Hall–Kier alpha value is -2.27. The van der Waals surface area contributed by atoms with Gasteiger partial charge in [-0.25, -0.2) is 0 Å². The van der Waals surface area contributed by atoms with Crippen molar-refractivity contribution in [3.8, 4) is 6.07 Å². The third kappa shape index (κ3) is 3.36. The van der Waals surface area contributed by atoms with Crippen molar-refractivity contribution in [1.29, 1.82) is 5.26 Å². The summed E-state index contributed by atoms with van der Waals surface area (Å²) in [5, 5.41) is 8.72. The van der Waals surface area contributed by atoms with E-state index in [-0.39, 0.29) is 0 Å². The normalized spacial score (nSPS) is 9.94. The first-order chi connectivity index (χ1) is 8.78. The van der Waals surface area contributed by atoms with E-state index in [1.54, 1.807) is 0 Å². The van der Waals surface area contributed by atoms with Gasteiger partial charge < -0.3 is 5.73 Å². The Morgan fingerprint density at radius 2 is 1.33 bits per heavy atom. The minimum Gasteiger partial charge on any atom is -0.399 e. The standard InChI is InChI=1S/C16H16N2/c17-12-15-6-4-13(5-7-15)2-1-3-14-8-10-16(18)11-9-14/h4-11H,1-3,18H2. The predicted molar refractivity (Wildman–Crippen MR) is 74.0 cm³/mol. The van der Waals surface area contributed by atoms with Crippen molar-refractivity contribution >= 4 is 5.69 Å². The lowest BCUT2D eigenvalue weighted by atomic mass is 10.0. The fourth-order valence-corrected chi connectivity index (χ4v) is 1.93. The van der Waals surface area contributed by atoms with Crippen molar-refractivity contribution < 1.29 is 0 Å². The third-order valence-electron chi connectivity index (χ3n) is 2.99. The maximum Gasteiger partial charge on any atom is 0.0991 e. The molecule has 0 radical (unpaired) electrons. The Balaban J connectivity index is 1.84. The van der Waals surface area contributed by atoms with E-state index in [1.165, 1.54) is 11.1 Å². The molecule has 0 aromatic heterocycles. The van der Waals surface area contributed by atoms with Crippen molar-refractivity contribution in [3.63, 3.8) is 0 Å². The number of nitriles is 1. The highest BCUT2D eigenvalue weighted by molar-refractivity contribution is 5.39. The Kier molecular flexibility index (Phi) is 3.98. The van der Waals surface area contributed by atoms with Crippen molar-refractivity contribution in [2.45, 2.75) is 19.3 Å². The molecule has 2 nitrogen and oxygen atoms in total. The van der Waals surface area contributed by atoms with E-state index < -0.39 is 0 Å². The quantitative estimate of drug-likeness (QED) is 0.828. The molecule has 0 fully saturated rings. The maximum atomic E-state index is 8.72. The Labute approximate surface area is 108 Å². The van der Waals surface area contributed by atoms with Gasteiger partial charge in [0.1, 0.15) is 0 Å². The highest BCUT2D eigenvalue weighted by Gasteiger charge is 1.96. The van der Waals surface area contributed by atoms with E-state index in [9.17, 15) is 0 Å². The molecule has 0 unspecified atom stereocenters. The second kappa shape index (κ2) is 5.88. The molecule has 0 amide bonds. The number of anilines is 1. The molecule has 2 rings (SSSR count). The van der Waals surface area contributed by atoms with Crippen LogP contribution in [0.25, 0.3) is 0 Å². The van der Waals surface area contributed by atoms with Crippen molar-refractivity contribution in [2.24, 2.45) is 0 Å². The number of nitrogen functional groups attached to an aromatic ring is 1. The molecule has 2 aromatic rings. The van der Waals surface area contributed by atoms with E-state index in [4.69, 9.17) is 11.0 Å². The van der Waals surface area contributed by atoms with Crippen LogP contribution >= 0.6 is 0 Å². The van der Waals surface area contributed by atoms with Gasteiger partial charge in [0.15, 0.2) is 0 Å². The Bertz CT molecular complexity index is 533. The minimum atomic E-state index is 0.720. The number of benzene rings is 2. The SMILES string of the molecule is N#Cc1ccc(CCCc2ccc(N)cc2)cc1. The number of nitrogens with zero attached hydrogens (tertiary/aromatic N) is 1. The number of hydrogen-bond donors (Lipinski definition) is 1. The average molecular weight is 236 g/mol. The van der Waals surface area contributed by atoms with Crippen molar-refractivity contribution in [3.05, 3.63) is 65.2 Å². The average Bonchev–Trinajstić information content (AvgIpc) is 2.42. The highest BCUT2D eigenvalue weighted by Crippen LogP contribution is 2.11. The largest absolute Gasteiger partial charge is 0.399 e. The van der Waals surface area contributed by atoms with Crippen LogP contribution in [0.5, 0.6) is 0 Å². The van der Waals surface area contributed by atoms with Crippen LogP contribution in [-0.2, 0) is 12.8 Å². The lowest BCUT2D eigenvalue weighted by Gasteiger charge is -2.03. The molecule has 0 spiro atoms. The van der Waals surface area contributed by atoms with Crippen LogP contribution in [0.15, 0.2) is 48.5 Å². The van der Waals surface area contributed by atoms with Gasteiger partial charge >= 0.3 is 0 Å². The van der Waals surface area contributed by atoms with Crippen molar-refractivity contribution in [2.75, 3.05) is 5.73 Å². The summed E-state index contributed by atoms with van der Waals surface area (Å²) in [6.07, 6.45) is 3.20. The lowest BCUT2D eigenvalue weighted by Crippen LogP contribution is -1.91. The maximum absolute atomic E-state index is 8.72. The molecule has 2 N–H and O–H groups in total. The van der Waals surface area contributed by atoms with Gasteiger partial charge in [-0.05, 0) is 54.7 Å². The first kappa shape index (κ1) is 12.2. The summed E-state index contributed by atoms with van der Waals surface area (Å²) in [4.78, 5) is 0. The second-order valence-corrected chi connectivity index (χ2v) is 4.40. The van der Waals surface area contributed by atoms with Gasteiger partial charge in [0.05, 0.1) is 11.6 Å². The molecule has 18 heavy (non-hydrogen) atoms. The monoisotopic (exact) mass is 236 g/mol. The zero-order valence-electron chi connectivity index (χ0n) is 10.3. The van der Waals surface area contributed by atoms with Gasteiger partial charge in [-0.2, -0.15) is 5.26 Å². The number of rotatable bonds is 4. The van der Waals surface area contributed by atoms with E-state index in [2.05, 4.69) is 18.2 Å². The van der Waals surface area contributed by atoms with Gasteiger partial charge in [0.25, 0.3) is 0 Å². The van der Waals surface area contributed by atoms with Gasteiger partial charge in [0.2, 0.25) is 0 Å². The summed E-state index contributed by atoms with van der Waals surface area (Å²) in [6, 6.07) is 18.0. The van der Waals surface area contributed by atoms with Gasteiger partial charge in [-0.1, -0.05) is 24.3 Å². The summed E-state index contributed by atoms with van der Waals surface area (Å²) >= 11 is 0. The molecule has 0 aliphatic rings. The lowest BCUT2D eigenvalue weighted by molar-refractivity contribution is 0.821. The van der Waals surface area contributed by atoms with E-state index in [0.29, 0.717) is 0 Å². The molecule has 0 heterocycles. The second-order valence-electron chi connectivity index (χ2n) is 4.40. The topological polar surface area (TPSA) is 49.8 Å². The van der Waals surface area contributed by atoms with Crippen LogP contribution in [0.2, 0.25) is 0 Å². The zero-order chi connectivity index (χ0) is 12.8. The van der Waals surface area contributed by atoms with Crippen LogP contribution in [0.3, 0.4) is 0 Å². The van der Waals surface area contributed by atoms with Crippen LogP contribution in [0.1, 0.15) is 23.1 Å². The fraction of sp³-hybridized carbons (Fsp3) is 0.188. The van der Waals surface area contributed by atoms with Gasteiger partial charge in [0, 0.05) is 5.69 Å². The first-order valence-electron chi connectivity index (χ1n) is 6.11. The first-order valence-corrected chi connectivity index (χ1v) is 6.11. The third-order valence-corrected chi connectivity index (χ3v) is 2.99. The fourth-order valence-electron chi connectivity index (χ4n) is 1.93. The predicted octanol–water partition coefficient (Wildman–Crippen LogP) is 3.32. The number of aryl methyl sites for hydroxylation is 2. The Morgan fingerprint density at radius 1 is 0.833 bits per heavy atom. The highest BCUT2D eigenvalue weighted by atomic mass is 14.5. The van der Waals surface area contributed by atoms with Crippen molar-refractivity contribution in [1.82, 2.24) is 0 Å². The molecule has 90 valence electrons. The summed E-state index contributed by atoms with van der Waals surface area (Å²) in [6.45, 7) is 0. The zero-order valence-corrected chi connectivity index (χ0v) is 10.3. The summed E-state index contributed by atoms with van der Waals surface area (Å²) in [5.41, 5.74) is 9.78. The number of hydrogen-bond acceptors (Lipinski definition) is 2. The molecule has 0 bridgehead atoms. The van der Waals surface area contributed by atoms with Crippen LogP contribution in [0, 0.1) is 11.3 Å². The minimum absolute atomic E-state index is 0.720. The molecule has 0 saturated carbocycles. The number of nitrogens with two attached hydrogens (primary N) is 1. The molecule has 0 aliphatic carbocycles. The van der Waals surface area contributed by atoms with E-state index in [0.717, 1.165) is 30.5 Å². The van der Waals surface area contributed by atoms with Crippen LogP contribution in [-0.4, -0.2) is 0 Å². The molecule has 2 aromatic carbocycles. The molecule has 0 atom stereocenters. The summed E-state index contributed by atoms with van der Waals surface area (Å²) < 4.78 is 0. The summed E-state index contributed by atoms with van der Waals surface area (Å²) in [7, 11) is 0. The Morgan fingerprint density at radius 3 is 1.83 bits per heavy atom. The van der Waals surface area contributed by atoms with E-state index in [1.807, 2.05) is 36.4 Å². The molecular formula is C16H16N2. The molecule has 0 aliphatic heterocycles. The smallest absolute Gasteiger partial charge is 0.0991 e. The van der Waals surface area contributed by atoms with Crippen LogP contribution in [0.4, 0.5) is 5.69 Å². The van der Waals surface area contributed by atoms with E-state index >= 15 is 0 Å². The molecule has 2 heteroatoms. The van der Waals surface area contributed by atoms with Crippen LogP contribution < -0.4 is 5.73 Å². The van der Waals surface area contributed by atoms with Gasteiger partial charge in [-0.15, -0.1) is 0 Å².